The third-order valence-electron chi connectivity index (χ3n) is 4.92. The highest BCUT2D eigenvalue weighted by Gasteiger charge is 2.35. The van der Waals surface area contributed by atoms with Gasteiger partial charge in [0.05, 0.1) is 23.5 Å². The van der Waals surface area contributed by atoms with E-state index < -0.39 is 15.6 Å². The monoisotopic (exact) mass is 402 g/mol. The Morgan fingerprint density at radius 2 is 1.89 bits per heavy atom. The quantitative estimate of drug-likeness (QED) is 0.850. The minimum atomic E-state index is -3.48. The molecule has 0 radical (unpaired) electrons. The number of ether oxygens (including phenoxy) is 1. The van der Waals surface area contributed by atoms with Crippen LogP contribution in [-0.4, -0.2) is 33.2 Å². The van der Waals surface area contributed by atoms with Gasteiger partial charge in [0.25, 0.3) is 5.91 Å². The first-order valence-corrected chi connectivity index (χ1v) is 11.0. The van der Waals surface area contributed by atoms with Gasteiger partial charge in [-0.05, 0) is 44.5 Å². The Hall–Kier alpha value is -2.54. The van der Waals surface area contributed by atoms with Crippen molar-refractivity contribution in [1.29, 1.82) is 0 Å². The van der Waals surface area contributed by atoms with Crippen molar-refractivity contribution in [2.24, 2.45) is 0 Å². The second-order valence-corrected chi connectivity index (χ2v) is 9.89. The van der Waals surface area contributed by atoms with Crippen LogP contribution in [-0.2, 0) is 10.0 Å². The van der Waals surface area contributed by atoms with Gasteiger partial charge in [0.2, 0.25) is 10.0 Å². The molecule has 0 saturated carbocycles. The fourth-order valence-corrected chi connectivity index (χ4v) is 3.96. The maximum atomic E-state index is 13.1. The van der Waals surface area contributed by atoms with Gasteiger partial charge in [-0.2, -0.15) is 0 Å². The van der Waals surface area contributed by atoms with Gasteiger partial charge in [-0.3, -0.25) is 9.10 Å². The van der Waals surface area contributed by atoms with E-state index >= 15 is 0 Å². The lowest BCUT2D eigenvalue weighted by Gasteiger charge is -2.38. The van der Waals surface area contributed by atoms with Gasteiger partial charge < -0.3 is 10.1 Å². The molecule has 1 heterocycles. The fourth-order valence-electron chi connectivity index (χ4n) is 3.44. The van der Waals surface area contributed by atoms with E-state index in [0.29, 0.717) is 17.7 Å². The van der Waals surface area contributed by atoms with Crippen LogP contribution in [0.5, 0.6) is 5.75 Å². The topological polar surface area (TPSA) is 75.7 Å². The predicted molar refractivity (Wildman–Crippen MR) is 110 cm³/mol. The molecule has 1 amide bonds. The van der Waals surface area contributed by atoms with Gasteiger partial charge >= 0.3 is 0 Å². The molecular formula is C21H26N2O4S. The molecule has 1 N–H and O–H groups in total. The van der Waals surface area contributed by atoms with Crippen molar-refractivity contribution in [2.75, 3.05) is 17.6 Å². The standard InChI is InChI=1S/C21H26N2O4S/c1-14-10-11-15-17(13-21(2,3)27-19(15)12-14)22-20(24)16-8-6-7-9-18(16)23(4)28(5,25)26/h6-12,17H,13H2,1-5H3,(H,22,24)/t17-/m1/s1. The second-order valence-electron chi connectivity index (χ2n) is 7.88. The number of nitrogens with zero attached hydrogens (tertiary/aromatic N) is 1. The molecule has 28 heavy (non-hydrogen) atoms. The number of sulfonamides is 1. The Morgan fingerprint density at radius 3 is 2.57 bits per heavy atom. The van der Waals surface area contributed by atoms with Crippen molar-refractivity contribution < 1.29 is 17.9 Å². The predicted octanol–water partition coefficient (Wildman–Crippen LogP) is 3.42. The third-order valence-corrected chi connectivity index (χ3v) is 6.11. The molecule has 1 aliphatic heterocycles. The maximum Gasteiger partial charge on any atom is 0.253 e. The number of rotatable bonds is 4. The van der Waals surface area contributed by atoms with Crippen molar-refractivity contribution in [1.82, 2.24) is 5.32 Å². The van der Waals surface area contributed by atoms with Crippen LogP contribution in [0.25, 0.3) is 0 Å². The van der Waals surface area contributed by atoms with E-state index in [1.54, 1.807) is 24.3 Å². The minimum Gasteiger partial charge on any atom is -0.487 e. The maximum absolute atomic E-state index is 13.1. The van der Waals surface area contributed by atoms with Crippen LogP contribution in [0, 0.1) is 6.92 Å². The molecule has 7 heteroatoms. The van der Waals surface area contributed by atoms with Gasteiger partial charge in [0.1, 0.15) is 11.4 Å². The molecule has 150 valence electrons. The summed E-state index contributed by atoms with van der Waals surface area (Å²) in [5, 5.41) is 3.07. The van der Waals surface area contributed by atoms with Gasteiger partial charge in [-0.25, -0.2) is 8.42 Å². The van der Waals surface area contributed by atoms with E-state index in [1.807, 2.05) is 39.0 Å². The Kier molecular flexibility index (Phi) is 5.14. The number of carbonyl (C=O) groups excluding carboxylic acids is 1. The summed E-state index contributed by atoms with van der Waals surface area (Å²) in [5.41, 5.74) is 2.24. The summed E-state index contributed by atoms with van der Waals surface area (Å²) in [7, 11) is -2.04. The highest BCUT2D eigenvalue weighted by Crippen LogP contribution is 2.40. The molecule has 0 fully saturated rings. The number of anilines is 1. The van der Waals surface area contributed by atoms with Crippen molar-refractivity contribution in [3.8, 4) is 5.75 Å². The van der Waals surface area contributed by atoms with Crippen molar-refractivity contribution >= 4 is 21.6 Å². The van der Waals surface area contributed by atoms with Crippen LogP contribution >= 0.6 is 0 Å². The third kappa shape index (κ3) is 4.14. The van der Waals surface area contributed by atoms with E-state index in [-0.39, 0.29) is 11.9 Å². The number of hydrogen-bond acceptors (Lipinski definition) is 4. The summed E-state index contributed by atoms with van der Waals surface area (Å²) in [6, 6.07) is 12.4. The molecule has 0 spiro atoms. The SMILES string of the molecule is Cc1ccc2c(c1)OC(C)(C)C[C@H]2NC(=O)c1ccccc1N(C)S(C)(=O)=O. The number of amides is 1. The zero-order valence-corrected chi connectivity index (χ0v) is 17.6. The smallest absolute Gasteiger partial charge is 0.253 e. The first kappa shape index (κ1) is 20.2. The molecule has 1 aliphatic rings. The van der Waals surface area contributed by atoms with Crippen LogP contribution in [0.1, 0.15) is 47.8 Å². The average Bonchev–Trinajstić information content (AvgIpc) is 2.58. The highest BCUT2D eigenvalue weighted by atomic mass is 32.2. The Bertz CT molecular complexity index is 1010. The van der Waals surface area contributed by atoms with Crippen molar-refractivity contribution in [2.45, 2.75) is 38.8 Å². The molecule has 2 aromatic rings. The van der Waals surface area contributed by atoms with Crippen LogP contribution < -0.4 is 14.4 Å². The Balaban J connectivity index is 1.95. The summed E-state index contributed by atoms with van der Waals surface area (Å²) >= 11 is 0. The lowest BCUT2D eigenvalue weighted by atomic mass is 9.89. The van der Waals surface area contributed by atoms with Crippen molar-refractivity contribution in [3.63, 3.8) is 0 Å². The summed E-state index contributed by atoms with van der Waals surface area (Å²) in [5.74, 6) is 0.448. The number of benzene rings is 2. The van der Waals surface area contributed by atoms with Crippen LogP contribution in [0.4, 0.5) is 5.69 Å². The molecule has 0 unspecified atom stereocenters. The van der Waals surface area contributed by atoms with E-state index in [0.717, 1.165) is 27.4 Å². The molecule has 0 aromatic heterocycles. The van der Waals surface area contributed by atoms with Crippen LogP contribution in [0.3, 0.4) is 0 Å². The number of aryl methyl sites for hydroxylation is 1. The Labute approximate surface area is 166 Å². The van der Waals surface area contributed by atoms with Gasteiger partial charge in [0.15, 0.2) is 0 Å². The Morgan fingerprint density at radius 1 is 1.21 bits per heavy atom. The molecule has 0 aliphatic carbocycles. The molecular weight excluding hydrogens is 376 g/mol. The van der Waals surface area contributed by atoms with E-state index in [1.165, 1.54) is 7.05 Å². The lowest BCUT2D eigenvalue weighted by Crippen LogP contribution is -2.41. The first-order chi connectivity index (χ1) is 13.0. The van der Waals surface area contributed by atoms with E-state index in [4.69, 9.17) is 4.74 Å². The zero-order valence-electron chi connectivity index (χ0n) is 16.8. The minimum absolute atomic E-state index is 0.233. The largest absolute Gasteiger partial charge is 0.487 e. The normalized spacial score (nSPS) is 18.0. The van der Waals surface area contributed by atoms with Gasteiger partial charge in [-0.15, -0.1) is 0 Å². The second kappa shape index (κ2) is 7.13. The van der Waals surface area contributed by atoms with E-state index in [2.05, 4.69) is 5.32 Å². The molecule has 1 atom stereocenters. The molecule has 2 aromatic carbocycles. The fraction of sp³-hybridized carbons (Fsp3) is 0.381. The summed E-state index contributed by atoms with van der Waals surface area (Å²) in [6.07, 6.45) is 1.72. The molecule has 0 bridgehead atoms. The van der Waals surface area contributed by atoms with Gasteiger partial charge in [0, 0.05) is 19.0 Å². The first-order valence-electron chi connectivity index (χ1n) is 9.11. The van der Waals surface area contributed by atoms with E-state index in [9.17, 15) is 13.2 Å². The van der Waals surface area contributed by atoms with Crippen molar-refractivity contribution in [3.05, 3.63) is 59.2 Å². The van der Waals surface area contributed by atoms with Crippen LogP contribution in [0.15, 0.2) is 42.5 Å². The zero-order chi connectivity index (χ0) is 20.7. The number of fused-ring (bicyclic) bond motifs is 1. The summed E-state index contributed by atoms with van der Waals surface area (Å²) in [6.45, 7) is 5.97. The molecule has 0 saturated heterocycles. The number of para-hydroxylation sites is 1. The molecule has 6 nitrogen and oxygen atoms in total. The highest BCUT2D eigenvalue weighted by molar-refractivity contribution is 7.92. The number of carbonyl (C=O) groups is 1. The number of hydrogen-bond donors (Lipinski definition) is 1. The molecule has 3 rings (SSSR count). The lowest BCUT2D eigenvalue weighted by molar-refractivity contribution is 0.0619. The number of nitrogens with one attached hydrogen (secondary N) is 1. The summed E-state index contributed by atoms with van der Waals surface area (Å²) < 4.78 is 31.1. The summed E-state index contributed by atoms with van der Waals surface area (Å²) in [4.78, 5) is 13.1. The van der Waals surface area contributed by atoms with Gasteiger partial charge in [-0.1, -0.05) is 24.3 Å². The van der Waals surface area contributed by atoms with Crippen LogP contribution in [0.2, 0.25) is 0 Å². The average molecular weight is 403 g/mol.